The van der Waals surface area contributed by atoms with Gasteiger partial charge in [-0.25, -0.2) is 4.79 Å². The van der Waals surface area contributed by atoms with Gasteiger partial charge in [0.15, 0.2) is 0 Å². The lowest BCUT2D eigenvalue weighted by atomic mass is 10.3. The van der Waals surface area contributed by atoms with E-state index in [9.17, 15) is 48.0 Å². The van der Waals surface area contributed by atoms with Crippen LogP contribution in [0.4, 0.5) is 31.1 Å². The maximum absolute atomic E-state index is 12.6. The lowest BCUT2D eigenvalue weighted by Crippen LogP contribution is -2.41. The molecule has 0 fully saturated rings. The predicted octanol–water partition coefficient (Wildman–Crippen LogP) is 2.57. The van der Waals surface area contributed by atoms with Crippen molar-refractivity contribution in [2.75, 3.05) is 13.2 Å². The molecule has 0 spiro atoms. The summed E-state index contributed by atoms with van der Waals surface area (Å²) in [6.45, 7) is 7.00. The van der Waals surface area contributed by atoms with Crippen molar-refractivity contribution in [3.8, 4) is 0 Å². The zero-order valence-corrected chi connectivity index (χ0v) is 16.3. The summed E-state index contributed by atoms with van der Waals surface area (Å²) in [7, 11) is -13.8. The second-order valence-corrected chi connectivity index (χ2v) is 9.32. The summed E-state index contributed by atoms with van der Waals surface area (Å²) in [5.41, 5.74) is -12.7. The van der Waals surface area contributed by atoms with Crippen molar-refractivity contribution in [3.63, 3.8) is 0 Å². The average molecular weight is 476 g/mol. The van der Waals surface area contributed by atoms with E-state index in [2.05, 4.69) is 17.9 Å². The lowest BCUT2D eigenvalue weighted by molar-refractivity contribution is -0.0458. The molecule has 0 saturated heterocycles. The number of alkyl halides is 6. The summed E-state index contributed by atoms with van der Waals surface area (Å²) in [5, 5.41) is 1.99. The molecule has 0 aromatic carbocycles. The van der Waals surface area contributed by atoms with Crippen LogP contribution in [0.3, 0.4) is 0 Å². The Morgan fingerprint density at radius 3 is 1.93 bits per heavy atom. The molecule has 1 atom stereocenters. The molecule has 0 aliphatic carbocycles. The van der Waals surface area contributed by atoms with Crippen LogP contribution in [0.25, 0.3) is 0 Å². The first-order valence-electron chi connectivity index (χ1n) is 7.25. The second-order valence-electron chi connectivity index (χ2n) is 5.14. The first kappa shape index (κ1) is 27.0. The minimum atomic E-state index is -6.89. The summed E-state index contributed by atoms with van der Waals surface area (Å²) in [4.78, 5) is 11.5. The number of amides is 1. The minimum Gasteiger partial charge on any atom is -0.492 e. The Morgan fingerprint density at radius 1 is 1.10 bits per heavy atom. The van der Waals surface area contributed by atoms with E-state index in [0.29, 0.717) is 6.92 Å². The number of carbonyl (C=O) groups is 1. The van der Waals surface area contributed by atoms with Gasteiger partial charge in [-0.3, -0.25) is 16.8 Å². The quantitative estimate of drug-likeness (QED) is 0.169. The van der Waals surface area contributed by atoms with Crippen molar-refractivity contribution in [2.45, 2.75) is 30.5 Å². The predicted molar refractivity (Wildman–Crippen MR) is 87.0 cm³/mol. The number of alkyl carbamates (subject to hydrolysis) is 1. The van der Waals surface area contributed by atoms with E-state index >= 15 is 0 Å². The Morgan fingerprint density at radius 2 is 1.55 bits per heavy atom. The number of halogens is 6. The van der Waals surface area contributed by atoms with Crippen LogP contribution in [0.1, 0.15) is 13.3 Å². The third kappa shape index (κ3) is 7.41. The number of carbonyl (C=O) groups excluding carboxylic acids is 1. The Kier molecular flexibility index (Phi) is 9.03. The van der Waals surface area contributed by atoms with Gasteiger partial charge in [0.25, 0.3) is 0 Å². The Hall–Kier alpha value is -1.97. The molecule has 1 N–H and O–H groups in total. The van der Waals surface area contributed by atoms with Crippen LogP contribution in [-0.2, 0) is 29.1 Å². The van der Waals surface area contributed by atoms with Crippen molar-refractivity contribution in [3.05, 3.63) is 29.6 Å². The smallest absolute Gasteiger partial charge is 0.469 e. The number of nitrogens with one attached hydrogen (secondary N) is 1. The van der Waals surface area contributed by atoms with Crippen molar-refractivity contribution in [1.82, 2.24) is 5.32 Å². The van der Waals surface area contributed by atoms with Crippen molar-refractivity contribution in [1.29, 1.82) is 0 Å². The van der Waals surface area contributed by atoms with Crippen LogP contribution in [0.15, 0.2) is 25.0 Å². The van der Waals surface area contributed by atoms with Gasteiger partial charge in [-0.1, -0.05) is 17.7 Å². The van der Waals surface area contributed by atoms with Crippen molar-refractivity contribution < 1.29 is 57.4 Å². The minimum absolute atomic E-state index is 0.141. The molecule has 0 rings (SSSR count). The first-order chi connectivity index (χ1) is 12.9. The Balaban J connectivity index is 5.31. The Bertz CT molecular complexity index is 774. The molecule has 0 saturated carbocycles. The van der Waals surface area contributed by atoms with Gasteiger partial charge in [0.05, 0.1) is 12.6 Å². The van der Waals surface area contributed by atoms with E-state index < -0.39 is 53.9 Å². The molecule has 0 aromatic heterocycles. The van der Waals surface area contributed by atoms with Gasteiger partial charge in [-0.05, 0) is 13.0 Å². The number of hydrogen-bond donors (Lipinski definition) is 1. The summed E-state index contributed by atoms with van der Waals surface area (Å²) >= 11 is 0. The number of allylic oxidation sites excluding steroid dienone is 1. The molecule has 0 bridgehead atoms. The fraction of sp³-hybridized carbons (Fsp3) is 0.538. The third-order valence-corrected chi connectivity index (χ3v) is 6.93. The summed E-state index contributed by atoms with van der Waals surface area (Å²) in [5.74, 6) is 0.141. The van der Waals surface area contributed by atoms with Crippen LogP contribution >= 0.6 is 0 Å². The van der Waals surface area contributed by atoms with Gasteiger partial charge in [0.1, 0.15) is 32.0 Å². The molecule has 1 unspecified atom stereocenters. The SMILES string of the molecule is C=CC(=C)OCCNC(=O)OC(C)C[C-](S(=O)(=O)C(F)(F)F)S(=O)(=O)C(F)(F)F. The molecule has 170 valence electrons. The number of rotatable bonds is 10. The molecule has 0 radical (unpaired) electrons. The number of ether oxygens (including phenoxy) is 2. The molecule has 8 nitrogen and oxygen atoms in total. The van der Waals surface area contributed by atoms with Crippen LogP contribution < -0.4 is 5.32 Å². The van der Waals surface area contributed by atoms with Gasteiger partial charge in [0.2, 0.25) is 0 Å². The maximum Gasteiger partial charge on any atom is 0.469 e. The highest BCUT2D eigenvalue weighted by molar-refractivity contribution is 8.13. The number of hydrogen-bond acceptors (Lipinski definition) is 7. The molecular formula is C13H16F6NO7S2-. The number of sulfone groups is 2. The summed E-state index contributed by atoms with van der Waals surface area (Å²) in [6.07, 6.45) is -4.01. The molecule has 0 aliphatic heterocycles. The molecule has 16 heteroatoms. The normalized spacial score (nSPS) is 14.2. The maximum atomic E-state index is 12.6. The monoisotopic (exact) mass is 476 g/mol. The Labute approximate surface area is 162 Å². The summed E-state index contributed by atoms with van der Waals surface area (Å²) < 4.78 is 128. The van der Waals surface area contributed by atoms with Gasteiger partial charge in [-0.2, -0.15) is 26.3 Å². The fourth-order valence-electron chi connectivity index (χ4n) is 1.52. The highest BCUT2D eigenvalue weighted by Gasteiger charge is 2.54. The van der Waals surface area contributed by atoms with Crippen LogP contribution in [0, 0.1) is 4.58 Å². The van der Waals surface area contributed by atoms with Crippen LogP contribution in [-0.4, -0.2) is 53.2 Å². The van der Waals surface area contributed by atoms with Gasteiger partial charge < -0.3 is 14.8 Å². The van der Waals surface area contributed by atoms with Crippen LogP contribution in [0.5, 0.6) is 0 Å². The van der Waals surface area contributed by atoms with E-state index in [-0.39, 0.29) is 18.9 Å². The fourth-order valence-corrected chi connectivity index (χ4v) is 4.66. The van der Waals surface area contributed by atoms with E-state index in [0.717, 1.165) is 0 Å². The third-order valence-electron chi connectivity index (χ3n) is 2.86. The molecule has 29 heavy (non-hydrogen) atoms. The van der Waals surface area contributed by atoms with Gasteiger partial charge >= 0.3 is 17.1 Å². The molecule has 0 aromatic rings. The van der Waals surface area contributed by atoms with E-state index in [4.69, 9.17) is 4.74 Å². The topological polar surface area (TPSA) is 116 Å². The highest BCUT2D eigenvalue weighted by Crippen LogP contribution is 2.43. The van der Waals surface area contributed by atoms with Crippen molar-refractivity contribution in [2.24, 2.45) is 0 Å². The molecule has 0 heterocycles. The second kappa shape index (κ2) is 9.69. The standard InChI is InChI=1S/C13H16F6NO7S2/c1-4-8(2)26-6-5-20-11(21)27-9(3)7-10(28(22,23)12(14,15)16)29(24,25)13(17,18)19/h4,9H,1-2,5-7H2,3H3,(H,20,21)/q-1. The summed E-state index contributed by atoms with van der Waals surface area (Å²) in [6, 6.07) is 0. The van der Waals surface area contributed by atoms with E-state index in [1.807, 2.05) is 5.32 Å². The van der Waals surface area contributed by atoms with E-state index in [1.165, 1.54) is 6.08 Å². The lowest BCUT2D eigenvalue weighted by Gasteiger charge is -2.33. The largest absolute Gasteiger partial charge is 0.492 e. The zero-order chi connectivity index (χ0) is 23.3. The van der Waals surface area contributed by atoms with E-state index in [1.54, 1.807) is 0 Å². The van der Waals surface area contributed by atoms with Gasteiger partial charge in [-0.15, -0.1) is 6.42 Å². The average Bonchev–Trinajstić information content (AvgIpc) is 2.53. The first-order valence-corrected chi connectivity index (χ1v) is 10.2. The molecule has 0 aliphatic rings. The zero-order valence-electron chi connectivity index (χ0n) is 14.6. The van der Waals surface area contributed by atoms with Gasteiger partial charge in [0, 0.05) is 0 Å². The van der Waals surface area contributed by atoms with Crippen molar-refractivity contribution >= 4 is 25.8 Å². The highest BCUT2D eigenvalue weighted by atomic mass is 32.3. The molecule has 1 amide bonds. The van der Waals surface area contributed by atoms with Crippen LogP contribution in [0.2, 0.25) is 0 Å². The molecular weight excluding hydrogens is 460 g/mol.